The average molecular weight is 400 g/mol. The number of amides is 2. The number of hydrogen-bond acceptors (Lipinski definition) is 6. The van der Waals surface area contributed by atoms with Crippen LogP contribution in [0.2, 0.25) is 0 Å². The molecular weight excluding hydrogens is 372 g/mol. The predicted molar refractivity (Wildman–Crippen MR) is 105 cm³/mol. The lowest BCUT2D eigenvalue weighted by atomic mass is 10.1. The summed E-state index contributed by atoms with van der Waals surface area (Å²) in [6.45, 7) is 3.72. The first-order valence-corrected chi connectivity index (χ1v) is 10.3. The zero-order valence-corrected chi connectivity index (χ0v) is 16.7. The van der Waals surface area contributed by atoms with E-state index in [4.69, 9.17) is 4.42 Å². The topological polar surface area (TPSA) is 116 Å². The number of hydrogen-bond donors (Lipinski definition) is 3. The third-order valence-corrected chi connectivity index (χ3v) is 5.82. The molecule has 9 heteroatoms. The van der Waals surface area contributed by atoms with Gasteiger partial charge >= 0.3 is 0 Å². The van der Waals surface area contributed by atoms with Gasteiger partial charge in [0.25, 0.3) is 5.91 Å². The minimum atomic E-state index is -0.231. The molecule has 3 N–H and O–H groups in total. The predicted octanol–water partition coefficient (Wildman–Crippen LogP) is 1.39. The smallest absolute Gasteiger partial charge is 0.289 e. The molecule has 0 radical (unpaired) electrons. The van der Waals surface area contributed by atoms with E-state index in [2.05, 4.69) is 30.5 Å². The van der Waals surface area contributed by atoms with Gasteiger partial charge in [-0.2, -0.15) is 0 Å². The van der Waals surface area contributed by atoms with Crippen molar-refractivity contribution in [1.29, 1.82) is 0 Å². The number of oxazole rings is 1. The zero-order valence-electron chi connectivity index (χ0n) is 16.7. The van der Waals surface area contributed by atoms with Crippen molar-refractivity contribution in [3.8, 4) is 0 Å². The van der Waals surface area contributed by atoms with Crippen molar-refractivity contribution in [3.05, 3.63) is 36.1 Å². The van der Waals surface area contributed by atoms with Crippen LogP contribution in [0.1, 0.15) is 54.2 Å². The zero-order chi connectivity index (χ0) is 20.2. The van der Waals surface area contributed by atoms with Gasteiger partial charge in [0.05, 0.1) is 12.2 Å². The van der Waals surface area contributed by atoms with Crippen LogP contribution in [0.3, 0.4) is 0 Å². The van der Waals surface area contributed by atoms with E-state index in [9.17, 15) is 9.59 Å². The van der Waals surface area contributed by atoms with E-state index in [1.807, 2.05) is 0 Å². The van der Waals surface area contributed by atoms with Crippen LogP contribution in [-0.2, 0) is 11.3 Å². The molecular formula is C20H28N6O3. The fourth-order valence-electron chi connectivity index (χ4n) is 4.02. The molecule has 0 aromatic carbocycles. The summed E-state index contributed by atoms with van der Waals surface area (Å²) in [4.78, 5) is 38.3. The van der Waals surface area contributed by atoms with Crippen molar-refractivity contribution in [1.82, 2.24) is 30.5 Å². The summed E-state index contributed by atoms with van der Waals surface area (Å²) in [5, 5.41) is 5.92. The molecule has 0 spiro atoms. The maximum atomic E-state index is 12.4. The number of aromatic nitrogens is 3. The molecule has 4 rings (SSSR count). The van der Waals surface area contributed by atoms with Crippen LogP contribution < -0.4 is 10.6 Å². The number of imidazole rings is 1. The minimum Gasteiger partial charge on any atom is -0.438 e. The highest BCUT2D eigenvalue weighted by Gasteiger charge is 2.38. The number of aryl methyl sites for hydroxylation is 1. The molecule has 156 valence electrons. The first-order valence-electron chi connectivity index (χ1n) is 10.3. The highest BCUT2D eigenvalue weighted by Crippen LogP contribution is 2.35. The summed E-state index contributed by atoms with van der Waals surface area (Å²) in [7, 11) is 0. The highest BCUT2D eigenvalue weighted by molar-refractivity contribution is 5.92. The number of likely N-dealkylation sites (tertiary alicyclic amines) is 1. The molecule has 29 heavy (non-hydrogen) atoms. The monoisotopic (exact) mass is 400 g/mol. The molecule has 2 amide bonds. The summed E-state index contributed by atoms with van der Waals surface area (Å²) < 4.78 is 5.18. The van der Waals surface area contributed by atoms with Crippen molar-refractivity contribution >= 4 is 11.8 Å². The van der Waals surface area contributed by atoms with E-state index in [0.29, 0.717) is 25.2 Å². The summed E-state index contributed by atoms with van der Waals surface area (Å²) in [6.07, 6.45) is 9.62. The Morgan fingerprint density at radius 3 is 2.72 bits per heavy atom. The lowest BCUT2D eigenvalue weighted by molar-refractivity contribution is -0.122. The number of carbonyl (C=O) groups is 2. The van der Waals surface area contributed by atoms with Crippen LogP contribution in [0.4, 0.5) is 0 Å². The van der Waals surface area contributed by atoms with Gasteiger partial charge in [-0.05, 0) is 38.5 Å². The van der Waals surface area contributed by atoms with Gasteiger partial charge in [0.2, 0.25) is 11.7 Å². The first-order chi connectivity index (χ1) is 14.1. The first kappa shape index (κ1) is 19.6. The number of rotatable bonds is 9. The molecule has 0 bridgehead atoms. The second-order valence-corrected chi connectivity index (χ2v) is 8.02. The van der Waals surface area contributed by atoms with E-state index in [1.54, 1.807) is 19.3 Å². The normalized spacial score (nSPS) is 22.0. The van der Waals surface area contributed by atoms with E-state index in [0.717, 1.165) is 31.1 Å². The Labute approximate surface area is 169 Å². The average Bonchev–Trinajstić information content (AvgIpc) is 3.07. The van der Waals surface area contributed by atoms with E-state index in [-0.39, 0.29) is 29.7 Å². The van der Waals surface area contributed by atoms with E-state index >= 15 is 0 Å². The van der Waals surface area contributed by atoms with Gasteiger partial charge < -0.3 is 20.0 Å². The standard InChI is InChI=1S/C20H28N6O3/c1-13-19(29-12-25-13)20(28)24-9-16-5-4-15(26(16)11-14-2-3-14)8-18(27)23-10-17-21-6-7-22-17/h6-7,12,14-16H,2-5,8-11H2,1H3,(H,21,22)(H,23,27)(H,24,28)/t15-,16+/m1/s1. The van der Waals surface area contributed by atoms with Crippen LogP contribution in [0.15, 0.2) is 23.2 Å². The molecule has 2 aromatic rings. The number of H-pyrrole nitrogens is 1. The molecule has 2 aromatic heterocycles. The molecule has 2 atom stereocenters. The SMILES string of the molecule is Cc1ncoc1C(=O)NC[C@@H]1CC[C@H](CC(=O)NCc2ncc[nH]2)N1CC1CC1. The summed E-state index contributed by atoms with van der Waals surface area (Å²) >= 11 is 0. The third kappa shape index (κ3) is 5.03. The summed E-state index contributed by atoms with van der Waals surface area (Å²) in [5.41, 5.74) is 0.592. The van der Waals surface area contributed by atoms with E-state index in [1.165, 1.54) is 19.2 Å². The number of aromatic amines is 1. The highest BCUT2D eigenvalue weighted by atomic mass is 16.3. The Hall–Kier alpha value is -2.68. The Morgan fingerprint density at radius 2 is 2.03 bits per heavy atom. The molecule has 1 saturated carbocycles. The maximum absolute atomic E-state index is 12.4. The Kier molecular flexibility index (Phi) is 5.94. The largest absolute Gasteiger partial charge is 0.438 e. The minimum absolute atomic E-state index is 0.0363. The second kappa shape index (κ2) is 8.77. The van der Waals surface area contributed by atoms with Gasteiger partial charge in [-0.3, -0.25) is 14.5 Å². The van der Waals surface area contributed by atoms with Crippen LogP contribution in [-0.4, -0.2) is 56.8 Å². The lowest BCUT2D eigenvalue weighted by Crippen LogP contribution is -2.45. The van der Waals surface area contributed by atoms with Crippen molar-refractivity contribution < 1.29 is 14.0 Å². The van der Waals surface area contributed by atoms with Crippen molar-refractivity contribution in [2.24, 2.45) is 5.92 Å². The number of carbonyl (C=O) groups excluding carboxylic acids is 2. The summed E-state index contributed by atoms with van der Waals surface area (Å²) in [5.74, 6) is 1.55. The van der Waals surface area contributed by atoms with Gasteiger partial charge in [0.15, 0.2) is 6.39 Å². The second-order valence-electron chi connectivity index (χ2n) is 8.02. The van der Waals surface area contributed by atoms with Gasteiger partial charge in [-0.25, -0.2) is 9.97 Å². The van der Waals surface area contributed by atoms with Crippen LogP contribution in [0, 0.1) is 12.8 Å². The molecule has 1 aliphatic carbocycles. The Morgan fingerprint density at radius 1 is 1.21 bits per heavy atom. The Balaban J connectivity index is 1.30. The van der Waals surface area contributed by atoms with Crippen LogP contribution >= 0.6 is 0 Å². The molecule has 9 nitrogen and oxygen atoms in total. The molecule has 2 aliphatic rings. The molecule has 2 fully saturated rings. The fraction of sp³-hybridized carbons (Fsp3) is 0.600. The molecule has 1 aliphatic heterocycles. The van der Waals surface area contributed by atoms with Gasteiger partial charge in [0.1, 0.15) is 5.82 Å². The third-order valence-electron chi connectivity index (χ3n) is 5.82. The van der Waals surface area contributed by atoms with Gasteiger partial charge in [-0.15, -0.1) is 0 Å². The van der Waals surface area contributed by atoms with Crippen LogP contribution in [0.5, 0.6) is 0 Å². The molecule has 1 saturated heterocycles. The van der Waals surface area contributed by atoms with E-state index < -0.39 is 0 Å². The maximum Gasteiger partial charge on any atom is 0.289 e. The van der Waals surface area contributed by atoms with Crippen molar-refractivity contribution in [3.63, 3.8) is 0 Å². The molecule has 3 heterocycles. The number of nitrogens with one attached hydrogen (secondary N) is 3. The fourth-order valence-corrected chi connectivity index (χ4v) is 4.02. The van der Waals surface area contributed by atoms with Crippen molar-refractivity contribution in [2.45, 2.75) is 57.7 Å². The quantitative estimate of drug-likeness (QED) is 0.586. The Bertz CT molecular complexity index is 829. The van der Waals surface area contributed by atoms with Crippen molar-refractivity contribution in [2.75, 3.05) is 13.1 Å². The van der Waals surface area contributed by atoms with Gasteiger partial charge in [0, 0.05) is 44.0 Å². The lowest BCUT2D eigenvalue weighted by Gasteiger charge is -2.30. The summed E-state index contributed by atoms with van der Waals surface area (Å²) in [6, 6.07) is 0.451. The van der Waals surface area contributed by atoms with Crippen LogP contribution in [0.25, 0.3) is 0 Å². The molecule has 0 unspecified atom stereocenters. The van der Waals surface area contributed by atoms with Gasteiger partial charge in [-0.1, -0.05) is 0 Å². The number of nitrogens with zero attached hydrogens (tertiary/aromatic N) is 3.